The molecule has 0 bridgehead atoms. The van der Waals surface area contributed by atoms with E-state index in [1.165, 1.54) is 30.3 Å². The van der Waals surface area contributed by atoms with Gasteiger partial charge in [0.05, 0.1) is 11.1 Å². The summed E-state index contributed by atoms with van der Waals surface area (Å²) in [7, 11) is 0. The highest BCUT2D eigenvalue weighted by Gasteiger charge is 2.32. The minimum absolute atomic E-state index is 0.00712. The summed E-state index contributed by atoms with van der Waals surface area (Å²) < 4.78 is 38.4. The second-order valence-corrected chi connectivity index (χ2v) is 4.40. The molecule has 110 valence electrons. The second-order valence-electron chi connectivity index (χ2n) is 4.40. The zero-order valence-electron chi connectivity index (χ0n) is 10.8. The van der Waals surface area contributed by atoms with Crippen LogP contribution in [0.2, 0.25) is 0 Å². The fraction of sp³-hybridized carbons (Fsp3) is 0.133. The standard InChI is InChI=1S/C15H12F3NO2/c16-15(17,18)12-3-1-2-4-13(12)19-9-10-5-7-11(8-6-10)14(20)21/h1-8,19H,9H2,(H,20,21). The largest absolute Gasteiger partial charge is 0.478 e. The number of halogens is 3. The number of anilines is 1. The van der Waals surface area contributed by atoms with E-state index >= 15 is 0 Å². The highest BCUT2D eigenvalue weighted by Crippen LogP contribution is 2.34. The molecular weight excluding hydrogens is 283 g/mol. The number of hydrogen-bond donors (Lipinski definition) is 2. The molecule has 3 nitrogen and oxygen atoms in total. The number of nitrogens with one attached hydrogen (secondary N) is 1. The number of benzene rings is 2. The van der Waals surface area contributed by atoms with Gasteiger partial charge in [-0.3, -0.25) is 0 Å². The molecule has 2 aromatic rings. The van der Waals surface area contributed by atoms with Crippen LogP contribution in [0, 0.1) is 0 Å². The van der Waals surface area contributed by atoms with Gasteiger partial charge in [-0.25, -0.2) is 4.79 Å². The van der Waals surface area contributed by atoms with Crippen LogP contribution < -0.4 is 5.32 Å². The molecule has 0 aliphatic carbocycles. The third-order valence-corrected chi connectivity index (χ3v) is 2.92. The monoisotopic (exact) mass is 295 g/mol. The van der Waals surface area contributed by atoms with E-state index in [1.54, 1.807) is 12.1 Å². The summed E-state index contributed by atoms with van der Waals surface area (Å²) in [6.07, 6.45) is -4.42. The Hall–Kier alpha value is -2.50. The molecule has 0 radical (unpaired) electrons. The Kier molecular flexibility index (Phi) is 4.16. The molecule has 0 aliphatic heterocycles. The predicted molar refractivity (Wildman–Crippen MR) is 72.2 cm³/mol. The molecule has 0 aromatic heterocycles. The molecule has 0 atom stereocenters. The van der Waals surface area contributed by atoms with Crippen LogP contribution in [-0.4, -0.2) is 11.1 Å². The van der Waals surface area contributed by atoms with Crippen molar-refractivity contribution in [2.75, 3.05) is 5.32 Å². The Morgan fingerprint density at radius 1 is 1.05 bits per heavy atom. The topological polar surface area (TPSA) is 49.3 Å². The van der Waals surface area contributed by atoms with Gasteiger partial charge in [-0.15, -0.1) is 0 Å². The third-order valence-electron chi connectivity index (χ3n) is 2.92. The Balaban J connectivity index is 2.12. The molecule has 6 heteroatoms. The quantitative estimate of drug-likeness (QED) is 0.895. The molecule has 0 saturated heterocycles. The SMILES string of the molecule is O=C(O)c1ccc(CNc2ccccc2C(F)(F)F)cc1. The van der Waals surface area contributed by atoms with Crippen molar-refractivity contribution < 1.29 is 23.1 Å². The number of carbonyl (C=O) groups is 1. The van der Waals surface area contributed by atoms with Crippen molar-refractivity contribution in [3.8, 4) is 0 Å². The number of rotatable bonds is 4. The maximum absolute atomic E-state index is 12.8. The van der Waals surface area contributed by atoms with E-state index in [4.69, 9.17) is 5.11 Å². The number of para-hydroxylation sites is 1. The van der Waals surface area contributed by atoms with Crippen LogP contribution in [-0.2, 0) is 12.7 Å². The molecule has 2 aromatic carbocycles. The number of aromatic carboxylic acids is 1. The van der Waals surface area contributed by atoms with Crippen molar-refractivity contribution in [3.05, 3.63) is 65.2 Å². The van der Waals surface area contributed by atoms with Gasteiger partial charge in [-0.1, -0.05) is 24.3 Å². The Morgan fingerprint density at radius 3 is 2.24 bits per heavy atom. The van der Waals surface area contributed by atoms with Gasteiger partial charge in [0, 0.05) is 12.2 Å². The summed E-state index contributed by atoms with van der Waals surface area (Å²) in [5.74, 6) is -1.04. The van der Waals surface area contributed by atoms with Gasteiger partial charge in [0.2, 0.25) is 0 Å². The fourth-order valence-electron chi connectivity index (χ4n) is 1.85. The third kappa shape index (κ3) is 3.75. The second kappa shape index (κ2) is 5.87. The van der Waals surface area contributed by atoms with Gasteiger partial charge in [-0.2, -0.15) is 13.2 Å². The van der Waals surface area contributed by atoms with Crippen LogP contribution in [0.3, 0.4) is 0 Å². The molecule has 21 heavy (non-hydrogen) atoms. The molecule has 0 heterocycles. The molecule has 0 fully saturated rings. The first kappa shape index (κ1) is 14.9. The van der Waals surface area contributed by atoms with Gasteiger partial charge in [0.1, 0.15) is 0 Å². The highest BCUT2D eigenvalue weighted by molar-refractivity contribution is 5.87. The minimum atomic E-state index is -4.42. The van der Waals surface area contributed by atoms with E-state index in [2.05, 4.69) is 5.32 Å². The number of carboxylic acid groups (broad SMARTS) is 1. The fourth-order valence-corrected chi connectivity index (χ4v) is 1.85. The van der Waals surface area contributed by atoms with E-state index in [0.717, 1.165) is 6.07 Å². The summed E-state index contributed by atoms with van der Waals surface area (Å²) >= 11 is 0. The zero-order chi connectivity index (χ0) is 15.5. The lowest BCUT2D eigenvalue weighted by molar-refractivity contribution is -0.137. The van der Waals surface area contributed by atoms with Gasteiger partial charge < -0.3 is 10.4 Å². The highest BCUT2D eigenvalue weighted by atomic mass is 19.4. The Labute approximate surface area is 119 Å². The van der Waals surface area contributed by atoms with Crippen molar-refractivity contribution in [2.45, 2.75) is 12.7 Å². The molecule has 2 rings (SSSR count). The van der Waals surface area contributed by atoms with E-state index in [9.17, 15) is 18.0 Å². The molecule has 0 unspecified atom stereocenters. The average Bonchev–Trinajstić information content (AvgIpc) is 2.45. The van der Waals surface area contributed by atoms with Gasteiger partial charge in [0.15, 0.2) is 0 Å². The van der Waals surface area contributed by atoms with Crippen LogP contribution in [0.25, 0.3) is 0 Å². The van der Waals surface area contributed by atoms with Crippen molar-refractivity contribution in [1.82, 2.24) is 0 Å². The van der Waals surface area contributed by atoms with Crippen LogP contribution in [0.1, 0.15) is 21.5 Å². The van der Waals surface area contributed by atoms with E-state index in [-0.39, 0.29) is 17.8 Å². The summed E-state index contributed by atoms with van der Waals surface area (Å²) in [5.41, 5.74) is 0.0888. The first-order valence-electron chi connectivity index (χ1n) is 6.10. The lowest BCUT2D eigenvalue weighted by Crippen LogP contribution is -2.10. The van der Waals surface area contributed by atoms with Crippen molar-refractivity contribution in [1.29, 1.82) is 0 Å². The van der Waals surface area contributed by atoms with Crippen molar-refractivity contribution in [2.24, 2.45) is 0 Å². The maximum atomic E-state index is 12.8. The first-order chi connectivity index (χ1) is 9.88. The van der Waals surface area contributed by atoms with E-state index in [0.29, 0.717) is 5.56 Å². The number of carboxylic acids is 1. The predicted octanol–water partition coefficient (Wildman–Crippen LogP) is 4.02. The lowest BCUT2D eigenvalue weighted by atomic mass is 10.1. The molecular formula is C15H12F3NO2. The average molecular weight is 295 g/mol. The first-order valence-corrected chi connectivity index (χ1v) is 6.10. The van der Waals surface area contributed by atoms with Crippen LogP contribution in [0.5, 0.6) is 0 Å². The Bertz CT molecular complexity index is 636. The summed E-state index contributed by atoms with van der Waals surface area (Å²) in [6, 6.07) is 11.2. The zero-order valence-corrected chi connectivity index (χ0v) is 10.8. The van der Waals surface area contributed by atoms with Crippen LogP contribution in [0.4, 0.5) is 18.9 Å². The van der Waals surface area contributed by atoms with E-state index in [1.807, 2.05) is 0 Å². The summed E-state index contributed by atoms with van der Waals surface area (Å²) in [6.45, 7) is 0.174. The Morgan fingerprint density at radius 2 is 1.67 bits per heavy atom. The molecule has 0 aliphatic rings. The van der Waals surface area contributed by atoms with Crippen molar-refractivity contribution >= 4 is 11.7 Å². The number of alkyl halides is 3. The molecule has 2 N–H and O–H groups in total. The molecule has 0 spiro atoms. The lowest BCUT2D eigenvalue weighted by Gasteiger charge is -2.14. The van der Waals surface area contributed by atoms with E-state index < -0.39 is 17.7 Å². The van der Waals surface area contributed by atoms with Gasteiger partial charge >= 0.3 is 12.1 Å². The summed E-state index contributed by atoms with van der Waals surface area (Å²) in [4.78, 5) is 10.7. The van der Waals surface area contributed by atoms with Gasteiger partial charge in [-0.05, 0) is 29.8 Å². The van der Waals surface area contributed by atoms with Crippen LogP contribution in [0.15, 0.2) is 48.5 Å². The normalized spacial score (nSPS) is 11.2. The minimum Gasteiger partial charge on any atom is -0.478 e. The molecule has 0 saturated carbocycles. The van der Waals surface area contributed by atoms with Crippen molar-refractivity contribution in [3.63, 3.8) is 0 Å². The number of hydrogen-bond acceptors (Lipinski definition) is 2. The molecule has 0 amide bonds. The van der Waals surface area contributed by atoms with Crippen LogP contribution >= 0.6 is 0 Å². The smallest absolute Gasteiger partial charge is 0.418 e. The maximum Gasteiger partial charge on any atom is 0.418 e. The summed E-state index contributed by atoms with van der Waals surface area (Å²) in [5, 5.41) is 11.5. The van der Waals surface area contributed by atoms with Gasteiger partial charge in [0.25, 0.3) is 0 Å².